The minimum atomic E-state index is -1.55. The zero-order chi connectivity index (χ0) is 10.3. The SMILES string of the molecule is OC1(C(Cl)Cl)CN2C=CC(F)=CC2=N1. The lowest BCUT2D eigenvalue weighted by Crippen LogP contribution is -2.39. The van der Waals surface area contributed by atoms with Crippen LogP contribution >= 0.6 is 23.2 Å². The molecule has 2 rings (SSSR count). The number of hydrogen-bond acceptors (Lipinski definition) is 3. The lowest BCUT2D eigenvalue weighted by Gasteiger charge is -2.22. The third-order valence-electron chi connectivity index (χ3n) is 2.04. The number of hydrogen-bond donors (Lipinski definition) is 1. The molecule has 0 bridgehead atoms. The zero-order valence-corrected chi connectivity index (χ0v) is 8.50. The van der Waals surface area contributed by atoms with Crippen LogP contribution in [0.5, 0.6) is 0 Å². The summed E-state index contributed by atoms with van der Waals surface area (Å²) in [5.74, 6) is -0.0799. The zero-order valence-electron chi connectivity index (χ0n) is 6.99. The monoisotopic (exact) mass is 236 g/mol. The predicted molar refractivity (Wildman–Crippen MR) is 52.9 cm³/mol. The van der Waals surface area contributed by atoms with Crippen molar-refractivity contribution in [3.8, 4) is 0 Å². The lowest BCUT2D eigenvalue weighted by molar-refractivity contribution is 0.0648. The summed E-state index contributed by atoms with van der Waals surface area (Å²) in [7, 11) is 0. The van der Waals surface area contributed by atoms with E-state index in [1.807, 2.05) is 0 Å². The maximum Gasteiger partial charge on any atom is 0.206 e. The molecule has 0 radical (unpaired) electrons. The number of aliphatic hydroxyl groups is 1. The van der Waals surface area contributed by atoms with Crippen LogP contribution in [0.3, 0.4) is 0 Å². The van der Waals surface area contributed by atoms with Gasteiger partial charge in [0.25, 0.3) is 0 Å². The second-order valence-corrected chi connectivity index (χ2v) is 4.22. The molecule has 0 aromatic rings. The molecule has 14 heavy (non-hydrogen) atoms. The number of allylic oxidation sites excluding steroid dienone is 2. The second-order valence-electron chi connectivity index (χ2n) is 3.12. The van der Waals surface area contributed by atoms with Crippen molar-refractivity contribution in [2.45, 2.75) is 10.6 Å². The molecule has 2 aliphatic heterocycles. The summed E-state index contributed by atoms with van der Waals surface area (Å²) in [6.45, 7) is 0.139. The normalized spacial score (nSPS) is 30.5. The van der Waals surface area contributed by atoms with Crippen LogP contribution in [0.4, 0.5) is 4.39 Å². The first-order valence-electron chi connectivity index (χ1n) is 3.94. The summed E-state index contributed by atoms with van der Waals surface area (Å²) in [6, 6.07) is 0. The molecule has 1 unspecified atom stereocenters. The quantitative estimate of drug-likeness (QED) is 0.702. The average Bonchev–Trinajstić information content (AvgIpc) is 2.42. The Hall–Kier alpha value is -0.580. The largest absolute Gasteiger partial charge is 0.366 e. The molecule has 0 saturated heterocycles. The van der Waals surface area contributed by atoms with Gasteiger partial charge in [0.1, 0.15) is 11.7 Å². The van der Waals surface area contributed by atoms with Gasteiger partial charge < -0.3 is 10.0 Å². The van der Waals surface area contributed by atoms with E-state index in [1.165, 1.54) is 18.4 Å². The van der Waals surface area contributed by atoms with Crippen molar-refractivity contribution in [3.63, 3.8) is 0 Å². The highest BCUT2D eigenvalue weighted by molar-refractivity contribution is 6.45. The number of halogens is 3. The van der Waals surface area contributed by atoms with Gasteiger partial charge in [-0.25, -0.2) is 9.38 Å². The molecule has 1 atom stereocenters. The Morgan fingerprint density at radius 1 is 1.64 bits per heavy atom. The number of nitrogens with zero attached hydrogens (tertiary/aromatic N) is 2. The van der Waals surface area contributed by atoms with E-state index < -0.39 is 16.4 Å². The van der Waals surface area contributed by atoms with E-state index in [1.54, 1.807) is 4.90 Å². The van der Waals surface area contributed by atoms with E-state index in [9.17, 15) is 9.50 Å². The van der Waals surface area contributed by atoms with E-state index >= 15 is 0 Å². The number of amidine groups is 1. The van der Waals surface area contributed by atoms with Gasteiger partial charge in [0.05, 0.1) is 6.54 Å². The summed E-state index contributed by atoms with van der Waals surface area (Å²) in [4.78, 5) is 4.41. The van der Waals surface area contributed by atoms with Crippen molar-refractivity contribution in [3.05, 3.63) is 24.2 Å². The van der Waals surface area contributed by atoms with Crippen LogP contribution in [0.25, 0.3) is 0 Å². The standard InChI is InChI=1S/C8H7Cl2FN2O/c9-7(10)8(14)4-13-2-1-5(11)3-6(13)12-8/h1-3,7,14H,4H2. The Kier molecular flexibility index (Phi) is 2.29. The molecule has 1 N–H and O–H groups in total. The molecule has 2 heterocycles. The Balaban J connectivity index is 2.31. The summed E-state index contributed by atoms with van der Waals surface area (Å²) >= 11 is 11.1. The summed E-state index contributed by atoms with van der Waals surface area (Å²) in [5, 5.41) is 9.81. The van der Waals surface area contributed by atoms with Gasteiger partial charge in [0, 0.05) is 12.3 Å². The van der Waals surface area contributed by atoms with E-state index in [-0.39, 0.29) is 6.54 Å². The molecular formula is C8H7Cl2FN2O. The van der Waals surface area contributed by atoms with E-state index in [2.05, 4.69) is 4.99 Å². The summed E-state index contributed by atoms with van der Waals surface area (Å²) in [6.07, 6.45) is 3.98. The Bertz CT molecular complexity index is 353. The van der Waals surface area contributed by atoms with Crippen molar-refractivity contribution in [2.24, 2.45) is 4.99 Å². The van der Waals surface area contributed by atoms with Crippen molar-refractivity contribution < 1.29 is 9.50 Å². The molecular weight excluding hydrogens is 230 g/mol. The van der Waals surface area contributed by atoms with Crippen molar-refractivity contribution in [1.29, 1.82) is 0 Å². The minimum Gasteiger partial charge on any atom is -0.366 e. The van der Waals surface area contributed by atoms with E-state index in [4.69, 9.17) is 23.2 Å². The van der Waals surface area contributed by atoms with Crippen molar-refractivity contribution in [2.75, 3.05) is 6.54 Å². The summed E-state index contributed by atoms with van der Waals surface area (Å²) in [5.41, 5.74) is -1.55. The third-order valence-corrected chi connectivity index (χ3v) is 2.73. The molecule has 0 aliphatic carbocycles. The fraction of sp³-hybridized carbons (Fsp3) is 0.375. The molecule has 0 spiro atoms. The van der Waals surface area contributed by atoms with E-state index in [0.717, 1.165) is 0 Å². The van der Waals surface area contributed by atoms with Crippen LogP contribution in [-0.4, -0.2) is 32.9 Å². The maximum absolute atomic E-state index is 12.8. The minimum absolute atomic E-state index is 0.139. The first-order valence-corrected chi connectivity index (χ1v) is 4.81. The molecule has 3 nitrogen and oxygen atoms in total. The fourth-order valence-corrected chi connectivity index (χ4v) is 1.56. The topological polar surface area (TPSA) is 35.8 Å². The number of fused-ring (bicyclic) bond motifs is 1. The molecule has 76 valence electrons. The van der Waals surface area contributed by atoms with Gasteiger partial charge in [-0.3, -0.25) is 0 Å². The van der Waals surface area contributed by atoms with Crippen molar-refractivity contribution >= 4 is 29.0 Å². The average molecular weight is 237 g/mol. The molecule has 6 heteroatoms. The van der Waals surface area contributed by atoms with Gasteiger partial charge in [0.15, 0.2) is 4.84 Å². The van der Waals surface area contributed by atoms with Crippen LogP contribution < -0.4 is 0 Å². The fourth-order valence-electron chi connectivity index (χ4n) is 1.32. The second kappa shape index (κ2) is 3.22. The highest BCUT2D eigenvalue weighted by Crippen LogP contribution is 2.30. The predicted octanol–water partition coefficient (Wildman–Crippen LogP) is 1.57. The van der Waals surface area contributed by atoms with Crippen LogP contribution in [0.1, 0.15) is 0 Å². The maximum atomic E-state index is 12.8. The molecule has 0 fully saturated rings. The molecule has 0 amide bonds. The van der Waals surface area contributed by atoms with Gasteiger partial charge in [0.2, 0.25) is 5.72 Å². The third kappa shape index (κ3) is 1.54. The number of alkyl halides is 2. The van der Waals surface area contributed by atoms with Crippen LogP contribution in [0.2, 0.25) is 0 Å². The number of rotatable bonds is 1. The van der Waals surface area contributed by atoms with Gasteiger partial charge >= 0.3 is 0 Å². The number of aliphatic imine (C=N–C) groups is 1. The highest BCUT2D eigenvalue weighted by atomic mass is 35.5. The Morgan fingerprint density at radius 3 is 3.00 bits per heavy atom. The molecule has 0 saturated carbocycles. The highest BCUT2D eigenvalue weighted by Gasteiger charge is 2.42. The van der Waals surface area contributed by atoms with Gasteiger partial charge in [-0.05, 0) is 6.08 Å². The molecule has 0 aromatic heterocycles. The Morgan fingerprint density at radius 2 is 2.36 bits per heavy atom. The van der Waals surface area contributed by atoms with Crippen molar-refractivity contribution in [1.82, 2.24) is 4.90 Å². The molecule has 2 aliphatic rings. The first kappa shape index (κ1) is 9.96. The molecule has 0 aromatic carbocycles. The Labute approximate surface area is 90.1 Å². The van der Waals surface area contributed by atoms with Gasteiger partial charge in [-0.15, -0.1) is 0 Å². The van der Waals surface area contributed by atoms with E-state index in [0.29, 0.717) is 5.84 Å². The lowest BCUT2D eigenvalue weighted by atomic mass is 10.2. The van der Waals surface area contributed by atoms with Crippen LogP contribution in [0.15, 0.2) is 29.2 Å². The summed E-state index contributed by atoms with van der Waals surface area (Å²) < 4.78 is 12.8. The van der Waals surface area contributed by atoms with Gasteiger partial charge in [-0.1, -0.05) is 23.2 Å². The van der Waals surface area contributed by atoms with Crippen LogP contribution in [0, 0.1) is 0 Å². The van der Waals surface area contributed by atoms with Crippen LogP contribution in [-0.2, 0) is 0 Å². The van der Waals surface area contributed by atoms with Gasteiger partial charge in [-0.2, -0.15) is 0 Å². The smallest absolute Gasteiger partial charge is 0.206 e. The first-order chi connectivity index (χ1) is 6.51.